The van der Waals surface area contributed by atoms with Gasteiger partial charge in [0.2, 0.25) is 11.0 Å². The van der Waals surface area contributed by atoms with Crippen LogP contribution in [0.4, 0.5) is 26.6 Å². The van der Waals surface area contributed by atoms with Gasteiger partial charge in [-0.1, -0.05) is 35.2 Å². The number of carbonyl (C=O) groups is 1. The third kappa shape index (κ3) is 5.24. The monoisotopic (exact) mass is 429 g/mol. The number of carbonyl (C=O) groups excluding carboxylic acids is 1. The van der Waals surface area contributed by atoms with Gasteiger partial charge in [0, 0.05) is 18.8 Å². The van der Waals surface area contributed by atoms with Gasteiger partial charge in [0.15, 0.2) is 4.34 Å². The van der Waals surface area contributed by atoms with Crippen LogP contribution in [0.3, 0.4) is 0 Å². The molecule has 2 heterocycles. The lowest BCUT2D eigenvalue weighted by atomic mass is 10.2. The second-order valence-electron chi connectivity index (χ2n) is 6.55. The first kappa shape index (κ1) is 19.7. The summed E-state index contributed by atoms with van der Waals surface area (Å²) < 4.78 is 13.7. The average Bonchev–Trinajstić information content (AvgIpc) is 3.41. The topological polar surface area (TPSA) is 70.1 Å². The van der Waals surface area contributed by atoms with Crippen molar-refractivity contribution in [3.05, 3.63) is 54.3 Å². The Balaban J connectivity index is 1.31. The number of aromatic nitrogens is 2. The minimum absolute atomic E-state index is 0.0788. The normalized spacial score (nSPS) is 13.5. The Morgan fingerprint density at radius 3 is 2.66 bits per heavy atom. The lowest BCUT2D eigenvalue weighted by molar-refractivity contribution is -0.113. The molecule has 0 atom stereocenters. The maximum absolute atomic E-state index is 13.0. The molecule has 1 aliphatic rings. The molecule has 4 rings (SSSR count). The van der Waals surface area contributed by atoms with Crippen molar-refractivity contribution < 1.29 is 9.18 Å². The first-order chi connectivity index (χ1) is 14.2. The first-order valence-electron chi connectivity index (χ1n) is 9.30. The second-order valence-corrected chi connectivity index (χ2v) is 8.75. The number of para-hydroxylation sites is 2. The molecular weight excluding hydrogens is 409 g/mol. The molecule has 2 N–H and O–H groups in total. The van der Waals surface area contributed by atoms with Crippen molar-refractivity contribution in [2.24, 2.45) is 0 Å². The summed E-state index contributed by atoms with van der Waals surface area (Å²) in [5.74, 6) is -0.120. The van der Waals surface area contributed by atoms with E-state index in [0.717, 1.165) is 30.2 Å². The Morgan fingerprint density at radius 2 is 1.86 bits per heavy atom. The van der Waals surface area contributed by atoms with Crippen LogP contribution in [0, 0.1) is 5.82 Å². The predicted octanol–water partition coefficient (Wildman–Crippen LogP) is 4.75. The molecule has 2 aromatic carbocycles. The molecule has 6 nitrogen and oxygen atoms in total. The van der Waals surface area contributed by atoms with Crippen LogP contribution in [0.15, 0.2) is 52.9 Å². The first-order valence-corrected chi connectivity index (χ1v) is 11.1. The van der Waals surface area contributed by atoms with Crippen LogP contribution in [0.2, 0.25) is 0 Å². The number of halogens is 1. The van der Waals surface area contributed by atoms with Crippen LogP contribution in [0.25, 0.3) is 0 Å². The third-order valence-corrected chi connectivity index (χ3v) is 6.43. The molecule has 0 bridgehead atoms. The van der Waals surface area contributed by atoms with Crippen LogP contribution in [0.5, 0.6) is 0 Å². The fraction of sp³-hybridized carbons (Fsp3) is 0.250. The third-order valence-electron chi connectivity index (χ3n) is 4.45. The highest BCUT2D eigenvalue weighted by molar-refractivity contribution is 8.01. The number of nitrogens with one attached hydrogen (secondary N) is 2. The summed E-state index contributed by atoms with van der Waals surface area (Å²) in [4.78, 5) is 14.7. The van der Waals surface area contributed by atoms with Gasteiger partial charge in [-0.05, 0) is 49.2 Å². The van der Waals surface area contributed by atoms with Crippen molar-refractivity contribution in [2.45, 2.75) is 17.2 Å². The Bertz CT molecular complexity index is 973. The number of nitrogens with zero attached hydrogens (tertiary/aromatic N) is 3. The van der Waals surface area contributed by atoms with Gasteiger partial charge < -0.3 is 15.5 Å². The molecular formula is C20H20FN5OS2. The van der Waals surface area contributed by atoms with Gasteiger partial charge in [0.25, 0.3) is 0 Å². The minimum atomic E-state index is -0.290. The predicted molar refractivity (Wildman–Crippen MR) is 117 cm³/mol. The quantitative estimate of drug-likeness (QED) is 0.528. The molecule has 29 heavy (non-hydrogen) atoms. The molecule has 1 aromatic heterocycles. The van der Waals surface area contributed by atoms with Crippen molar-refractivity contribution in [1.82, 2.24) is 10.2 Å². The molecule has 0 radical (unpaired) electrons. The summed E-state index contributed by atoms with van der Waals surface area (Å²) in [6, 6.07) is 13.9. The minimum Gasteiger partial charge on any atom is -0.370 e. The van der Waals surface area contributed by atoms with Crippen molar-refractivity contribution in [2.75, 3.05) is 34.4 Å². The highest BCUT2D eigenvalue weighted by atomic mass is 32.2. The molecule has 0 spiro atoms. The second kappa shape index (κ2) is 9.23. The summed E-state index contributed by atoms with van der Waals surface area (Å²) in [6.07, 6.45) is 2.37. The maximum atomic E-state index is 13.0. The Hall–Kier alpha value is -2.65. The van der Waals surface area contributed by atoms with E-state index in [1.165, 1.54) is 48.1 Å². The van der Waals surface area contributed by atoms with E-state index in [9.17, 15) is 9.18 Å². The van der Waals surface area contributed by atoms with E-state index in [1.54, 1.807) is 12.1 Å². The molecule has 1 aliphatic heterocycles. The van der Waals surface area contributed by atoms with Crippen molar-refractivity contribution in [3.63, 3.8) is 0 Å². The number of hydrogen-bond acceptors (Lipinski definition) is 7. The molecule has 3 aromatic rings. The van der Waals surface area contributed by atoms with Crippen molar-refractivity contribution >= 4 is 51.2 Å². The number of thioether (sulfide) groups is 1. The molecule has 1 saturated heterocycles. The zero-order valence-electron chi connectivity index (χ0n) is 15.6. The smallest absolute Gasteiger partial charge is 0.234 e. The van der Waals surface area contributed by atoms with Gasteiger partial charge in [-0.15, -0.1) is 10.2 Å². The molecule has 1 amide bonds. The Morgan fingerprint density at radius 1 is 1.10 bits per heavy atom. The SMILES string of the molecule is O=C(CSc1nnc(Nc2ccc(F)cc2)s1)Nc1ccccc1N1CCCC1. The van der Waals surface area contributed by atoms with E-state index in [1.807, 2.05) is 24.3 Å². The highest BCUT2D eigenvalue weighted by Crippen LogP contribution is 2.30. The van der Waals surface area contributed by atoms with Crippen LogP contribution < -0.4 is 15.5 Å². The summed E-state index contributed by atoms with van der Waals surface area (Å²) in [7, 11) is 0. The fourth-order valence-corrected chi connectivity index (χ4v) is 4.67. The maximum Gasteiger partial charge on any atom is 0.234 e. The van der Waals surface area contributed by atoms with Gasteiger partial charge in [-0.3, -0.25) is 4.79 Å². The van der Waals surface area contributed by atoms with E-state index in [2.05, 4.69) is 25.7 Å². The number of amides is 1. The van der Waals surface area contributed by atoms with Crippen LogP contribution >= 0.6 is 23.1 Å². The molecule has 9 heteroatoms. The van der Waals surface area contributed by atoms with Crippen molar-refractivity contribution in [1.29, 1.82) is 0 Å². The van der Waals surface area contributed by atoms with E-state index < -0.39 is 0 Å². The number of rotatable bonds is 7. The van der Waals surface area contributed by atoms with Gasteiger partial charge in [-0.25, -0.2) is 4.39 Å². The Labute approximate surface area is 176 Å². The van der Waals surface area contributed by atoms with E-state index in [-0.39, 0.29) is 17.5 Å². The van der Waals surface area contributed by atoms with Crippen LogP contribution in [0.1, 0.15) is 12.8 Å². The average molecular weight is 430 g/mol. The van der Waals surface area contributed by atoms with E-state index in [0.29, 0.717) is 9.47 Å². The zero-order valence-corrected chi connectivity index (χ0v) is 17.2. The standard InChI is InChI=1S/C20H20FN5OS2/c21-14-7-9-15(10-8-14)22-19-24-25-20(29-19)28-13-18(27)23-16-5-1-2-6-17(16)26-11-3-4-12-26/h1-2,5-10H,3-4,11-13H2,(H,22,24)(H,23,27). The van der Waals surface area contributed by atoms with E-state index in [4.69, 9.17) is 0 Å². The molecule has 0 saturated carbocycles. The van der Waals surface area contributed by atoms with Gasteiger partial charge in [0.1, 0.15) is 5.82 Å². The Kier molecular flexibility index (Phi) is 6.26. The summed E-state index contributed by atoms with van der Waals surface area (Å²) in [6.45, 7) is 2.05. The van der Waals surface area contributed by atoms with Crippen LogP contribution in [-0.2, 0) is 4.79 Å². The molecule has 0 aliphatic carbocycles. The molecule has 150 valence electrons. The highest BCUT2D eigenvalue weighted by Gasteiger charge is 2.17. The largest absolute Gasteiger partial charge is 0.370 e. The van der Waals surface area contributed by atoms with E-state index >= 15 is 0 Å². The summed E-state index contributed by atoms with van der Waals surface area (Å²) in [5.41, 5.74) is 2.65. The number of benzene rings is 2. The fourth-order valence-electron chi connectivity index (χ4n) is 3.10. The van der Waals surface area contributed by atoms with Gasteiger partial charge in [0.05, 0.1) is 17.1 Å². The number of hydrogen-bond donors (Lipinski definition) is 2. The zero-order chi connectivity index (χ0) is 20.1. The molecule has 0 unspecified atom stereocenters. The van der Waals surface area contributed by atoms with Gasteiger partial charge in [-0.2, -0.15) is 0 Å². The van der Waals surface area contributed by atoms with Gasteiger partial charge >= 0.3 is 0 Å². The van der Waals surface area contributed by atoms with Crippen LogP contribution in [-0.4, -0.2) is 34.9 Å². The lowest BCUT2D eigenvalue weighted by Crippen LogP contribution is -2.21. The molecule has 1 fully saturated rings. The lowest BCUT2D eigenvalue weighted by Gasteiger charge is -2.21. The number of anilines is 4. The summed E-state index contributed by atoms with van der Waals surface area (Å²) in [5, 5.41) is 14.8. The summed E-state index contributed by atoms with van der Waals surface area (Å²) >= 11 is 2.69. The van der Waals surface area contributed by atoms with Crippen molar-refractivity contribution in [3.8, 4) is 0 Å².